The third-order valence-electron chi connectivity index (χ3n) is 2.23. The number of rotatable bonds is 9. The topological polar surface area (TPSA) is 104 Å². The molecule has 0 bridgehead atoms. The second-order valence-corrected chi connectivity index (χ2v) is 4.92. The summed E-state index contributed by atoms with van der Waals surface area (Å²) in [6.45, 7) is 10.6. The molecule has 152 valence electrons. The van der Waals surface area contributed by atoms with Crippen molar-refractivity contribution in [2.24, 2.45) is 0 Å². The molecule has 0 saturated heterocycles. The third-order valence-corrected chi connectivity index (χ3v) is 2.23. The van der Waals surface area contributed by atoms with Crippen LogP contribution in [0.15, 0.2) is 0 Å². The summed E-state index contributed by atoms with van der Waals surface area (Å²) in [5, 5.41) is 24.2. The molecule has 25 heavy (non-hydrogen) atoms. The number of aliphatic hydroxyl groups excluding tert-OH is 3. The van der Waals surface area contributed by atoms with Crippen LogP contribution >= 0.6 is 0 Å². The van der Waals surface area contributed by atoms with Crippen LogP contribution in [0, 0.1) is 0 Å². The minimum atomic E-state index is -0.440. The van der Waals surface area contributed by atoms with Gasteiger partial charge in [0.05, 0.1) is 6.61 Å². The Morgan fingerprint density at radius 2 is 1.08 bits per heavy atom. The zero-order chi connectivity index (χ0) is 19.6. The molecule has 0 atom stereocenters. The Balaban J connectivity index is -0.0000000733. The Labute approximate surface area is 173 Å². The maximum atomic E-state index is 10.4. The van der Waals surface area contributed by atoms with Crippen molar-refractivity contribution in [1.29, 1.82) is 0 Å². The monoisotopic (exact) mass is 442 g/mol. The first-order valence-corrected chi connectivity index (χ1v) is 8.89. The number of carbonyl (C=O) groups is 2. The summed E-state index contributed by atoms with van der Waals surface area (Å²) >= 11 is 0. The third kappa shape index (κ3) is 68.9. The van der Waals surface area contributed by atoms with Crippen LogP contribution in [0.4, 0.5) is 0 Å². The molecule has 0 aromatic heterocycles. The number of ether oxygens (including phenoxy) is 1. The number of Topliss-reactive ketones (excluding diaryl/α,β-unsaturated/α-hetero) is 1. The Bertz CT molecular complexity index is 217. The second kappa shape index (κ2) is 39.1. The van der Waals surface area contributed by atoms with Gasteiger partial charge in [0.2, 0.25) is 0 Å². The van der Waals surface area contributed by atoms with Crippen molar-refractivity contribution >= 4 is 11.8 Å². The first kappa shape index (κ1) is 35.9. The van der Waals surface area contributed by atoms with E-state index in [4.69, 9.17) is 15.3 Å². The molecule has 0 aromatic carbocycles. The van der Waals surface area contributed by atoms with Crippen LogP contribution in [0.5, 0.6) is 0 Å². The van der Waals surface area contributed by atoms with Gasteiger partial charge in [-0.05, 0) is 33.1 Å². The molecule has 0 rings (SSSR count). The molecule has 0 saturated carbocycles. The molecule has 0 heterocycles. The maximum Gasteiger partial charge on any atom is 0.313 e. The van der Waals surface area contributed by atoms with Crippen molar-refractivity contribution in [2.75, 3.05) is 26.4 Å². The average molecular weight is 444 g/mol. The summed E-state index contributed by atoms with van der Waals surface area (Å²) < 4.78 is 4.49. The number of unbranched alkanes of at least 4 members (excludes halogenated alkanes) is 3. The van der Waals surface area contributed by atoms with Gasteiger partial charge in [-0.1, -0.05) is 40.0 Å². The summed E-state index contributed by atoms with van der Waals surface area (Å²) in [5.41, 5.74) is 0. The van der Waals surface area contributed by atoms with Gasteiger partial charge in [0, 0.05) is 46.0 Å². The second-order valence-electron chi connectivity index (χ2n) is 4.92. The van der Waals surface area contributed by atoms with Crippen LogP contribution in [-0.2, 0) is 40.5 Å². The molecule has 0 fully saturated rings. The molecule has 0 aliphatic heterocycles. The number of hydrogen-bond acceptors (Lipinski definition) is 6. The molecular formula is C18H40O6Zr. The van der Waals surface area contributed by atoms with Gasteiger partial charge in [-0.15, -0.1) is 0 Å². The summed E-state index contributed by atoms with van der Waals surface area (Å²) in [5.74, 6) is -0.599. The molecule has 0 aliphatic carbocycles. The van der Waals surface area contributed by atoms with Crippen molar-refractivity contribution < 1.29 is 55.8 Å². The van der Waals surface area contributed by atoms with Crippen molar-refractivity contribution in [1.82, 2.24) is 0 Å². The summed E-state index contributed by atoms with van der Waals surface area (Å²) in [7, 11) is 0. The SMILES string of the molecule is CCCCO.CCCCO.CCCCO.CCOC(=O)CC(C)=O.[Zr]. The molecule has 0 spiro atoms. The van der Waals surface area contributed by atoms with E-state index in [0.717, 1.165) is 38.5 Å². The van der Waals surface area contributed by atoms with E-state index >= 15 is 0 Å². The molecular weight excluding hydrogens is 403 g/mol. The van der Waals surface area contributed by atoms with Gasteiger partial charge in [-0.2, -0.15) is 0 Å². The van der Waals surface area contributed by atoms with E-state index in [9.17, 15) is 9.59 Å². The number of esters is 1. The Kier molecular flexibility index (Phi) is 56.2. The van der Waals surface area contributed by atoms with Gasteiger partial charge < -0.3 is 20.1 Å². The number of ketones is 1. The zero-order valence-electron chi connectivity index (χ0n) is 16.8. The molecule has 0 aliphatic rings. The predicted octanol–water partition coefficient (Wildman–Crippen LogP) is 2.86. The number of aliphatic hydroxyl groups is 3. The fourth-order valence-corrected chi connectivity index (χ4v) is 0.890. The van der Waals surface area contributed by atoms with Crippen LogP contribution in [0.1, 0.15) is 79.6 Å². The smallest absolute Gasteiger partial charge is 0.313 e. The number of hydrogen-bond donors (Lipinski definition) is 3. The summed E-state index contributed by atoms with van der Waals surface area (Å²) in [6, 6.07) is 0. The van der Waals surface area contributed by atoms with E-state index in [0.29, 0.717) is 26.4 Å². The molecule has 0 unspecified atom stereocenters. The quantitative estimate of drug-likeness (QED) is 0.374. The summed E-state index contributed by atoms with van der Waals surface area (Å²) in [6.07, 6.45) is 6.01. The molecule has 6 nitrogen and oxygen atoms in total. The van der Waals surface area contributed by atoms with Crippen LogP contribution < -0.4 is 0 Å². The molecule has 0 amide bonds. The van der Waals surface area contributed by atoms with Gasteiger partial charge in [-0.3, -0.25) is 9.59 Å². The predicted molar refractivity (Wildman–Crippen MR) is 97.9 cm³/mol. The fraction of sp³-hybridized carbons (Fsp3) is 0.889. The number of carbonyl (C=O) groups excluding carboxylic acids is 2. The van der Waals surface area contributed by atoms with Crippen LogP contribution in [0.2, 0.25) is 0 Å². The first-order valence-electron chi connectivity index (χ1n) is 8.89. The van der Waals surface area contributed by atoms with Crippen molar-refractivity contribution in [3.8, 4) is 0 Å². The van der Waals surface area contributed by atoms with Crippen molar-refractivity contribution in [3.05, 3.63) is 0 Å². The molecule has 0 radical (unpaired) electrons. The largest absolute Gasteiger partial charge is 0.466 e. The van der Waals surface area contributed by atoms with Gasteiger partial charge in [-0.25, -0.2) is 0 Å². The summed E-state index contributed by atoms with van der Waals surface area (Å²) in [4.78, 5) is 20.6. The van der Waals surface area contributed by atoms with Gasteiger partial charge in [0.15, 0.2) is 0 Å². The van der Waals surface area contributed by atoms with E-state index < -0.39 is 5.97 Å². The standard InChI is InChI=1S/C6H10O3.3C4H10O.Zr/c1-3-9-6(8)4-5(2)7;3*1-2-3-4-5;/h3-4H2,1-2H3;3*5H,2-4H2,1H3;. The van der Waals surface area contributed by atoms with E-state index in [1.54, 1.807) is 6.92 Å². The Morgan fingerprint density at radius 3 is 1.20 bits per heavy atom. The minimum absolute atomic E-state index is 0. The average Bonchev–Trinajstić information content (AvgIpc) is 2.51. The molecule has 7 heteroatoms. The van der Waals surface area contributed by atoms with E-state index in [-0.39, 0.29) is 38.4 Å². The van der Waals surface area contributed by atoms with Crippen LogP contribution in [0.3, 0.4) is 0 Å². The first-order chi connectivity index (χ1) is 11.4. The van der Waals surface area contributed by atoms with Crippen molar-refractivity contribution in [2.45, 2.75) is 79.6 Å². The maximum absolute atomic E-state index is 10.4. The van der Waals surface area contributed by atoms with E-state index in [1.165, 1.54) is 6.92 Å². The fourth-order valence-electron chi connectivity index (χ4n) is 0.890. The van der Waals surface area contributed by atoms with Crippen molar-refractivity contribution in [3.63, 3.8) is 0 Å². The minimum Gasteiger partial charge on any atom is -0.466 e. The Morgan fingerprint density at radius 1 is 0.760 bits per heavy atom. The van der Waals surface area contributed by atoms with E-state index in [1.807, 2.05) is 0 Å². The van der Waals surface area contributed by atoms with Gasteiger partial charge in [0.1, 0.15) is 12.2 Å². The van der Waals surface area contributed by atoms with Gasteiger partial charge in [0.25, 0.3) is 0 Å². The van der Waals surface area contributed by atoms with E-state index in [2.05, 4.69) is 25.5 Å². The zero-order valence-corrected chi connectivity index (χ0v) is 19.3. The Hall–Kier alpha value is -0.0969. The normalized spacial score (nSPS) is 8.16. The molecule has 3 N–H and O–H groups in total. The van der Waals surface area contributed by atoms with Crippen LogP contribution in [0.25, 0.3) is 0 Å². The van der Waals surface area contributed by atoms with Crippen LogP contribution in [-0.4, -0.2) is 53.5 Å². The molecule has 0 aromatic rings. The van der Waals surface area contributed by atoms with Gasteiger partial charge >= 0.3 is 5.97 Å².